The second kappa shape index (κ2) is 5.13. The molecule has 2 heterocycles. The highest BCUT2D eigenvalue weighted by atomic mass is 15.1. The first-order valence-electron chi connectivity index (χ1n) is 8.51. The van der Waals surface area contributed by atoms with Gasteiger partial charge in [0, 0.05) is 18.5 Å². The van der Waals surface area contributed by atoms with E-state index in [4.69, 9.17) is 4.98 Å². The van der Waals surface area contributed by atoms with Crippen molar-refractivity contribution in [2.45, 2.75) is 57.5 Å². The first-order chi connectivity index (χ1) is 10.3. The minimum Gasteiger partial charge on any atom is -0.328 e. The lowest BCUT2D eigenvalue weighted by Gasteiger charge is -2.29. The van der Waals surface area contributed by atoms with Gasteiger partial charge in [0.15, 0.2) is 0 Å². The van der Waals surface area contributed by atoms with E-state index < -0.39 is 0 Å². The summed E-state index contributed by atoms with van der Waals surface area (Å²) >= 11 is 0. The maximum Gasteiger partial charge on any atom is 0.111 e. The summed E-state index contributed by atoms with van der Waals surface area (Å²) in [6.45, 7) is 4.52. The lowest BCUT2D eigenvalue weighted by Crippen LogP contribution is -2.44. The molecular formula is C18H25N3. The van der Waals surface area contributed by atoms with Crippen LogP contribution >= 0.6 is 0 Å². The van der Waals surface area contributed by atoms with Crippen molar-refractivity contribution in [3.8, 4) is 0 Å². The highest BCUT2D eigenvalue weighted by Crippen LogP contribution is 2.45. The first kappa shape index (κ1) is 13.3. The second-order valence-electron chi connectivity index (χ2n) is 6.81. The molecule has 0 spiro atoms. The van der Waals surface area contributed by atoms with Crippen LogP contribution in [0.2, 0.25) is 0 Å². The Hall–Kier alpha value is -1.35. The molecule has 2 aromatic rings. The Labute approximate surface area is 126 Å². The number of benzene rings is 1. The molecule has 1 aliphatic heterocycles. The molecule has 1 aromatic heterocycles. The van der Waals surface area contributed by atoms with Gasteiger partial charge in [0.2, 0.25) is 0 Å². The van der Waals surface area contributed by atoms with E-state index in [0.29, 0.717) is 5.54 Å². The zero-order chi connectivity index (χ0) is 14.3. The third-order valence-electron chi connectivity index (χ3n) is 5.29. The average molecular weight is 283 g/mol. The third-order valence-corrected chi connectivity index (χ3v) is 5.29. The molecule has 0 amide bonds. The number of para-hydroxylation sites is 2. The number of nitrogens with zero attached hydrogens (tertiary/aromatic N) is 2. The Morgan fingerprint density at radius 3 is 2.90 bits per heavy atom. The standard InChI is InChI=1S/C18H25N3/c1-2-12-21-16-7-4-3-6-15(16)20-17(21)13-18(14-8-9-14)10-5-11-19-18/h3-4,6-7,14,19H,2,5,8-13H2,1H3. The van der Waals surface area contributed by atoms with Crippen molar-refractivity contribution in [3.63, 3.8) is 0 Å². The van der Waals surface area contributed by atoms with E-state index in [1.54, 1.807) is 0 Å². The minimum absolute atomic E-state index is 0.340. The minimum atomic E-state index is 0.340. The number of aromatic nitrogens is 2. The molecule has 0 radical (unpaired) electrons. The van der Waals surface area contributed by atoms with Gasteiger partial charge in [0.05, 0.1) is 11.0 Å². The zero-order valence-corrected chi connectivity index (χ0v) is 12.9. The molecule has 4 rings (SSSR count). The fourth-order valence-corrected chi connectivity index (χ4v) is 4.12. The van der Waals surface area contributed by atoms with Gasteiger partial charge in [-0.15, -0.1) is 0 Å². The summed E-state index contributed by atoms with van der Waals surface area (Å²) in [5.74, 6) is 2.18. The number of imidazole rings is 1. The lowest BCUT2D eigenvalue weighted by atomic mass is 9.87. The molecule has 1 unspecified atom stereocenters. The van der Waals surface area contributed by atoms with Crippen LogP contribution in [0, 0.1) is 5.92 Å². The SMILES string of the molecule is CCCn1c(CC2(C3CC3)CCCN2)nc2ccccc21. The summed E-state index contributed by atoms with van der Waals surface area (Å²) < 4.78 is 2.46. The molecule has 1 saturated carbocycles. The Morgan fingerprint density at radius 1 is 1.33 bits per heavy atom. The van der Waals surface area contributed by atoms with Crippen LogP contribution in [0.3, 0.4) is 0 Å². The average Bonchev–Trinajstić information content (AvgIpc) is 3.18. The van der Waals surface area contributed by atoms with Crippen molar-refractivity contribution < 1.29 is 0 Å². The van der Waals surface area contributed by atoms with Gasteiger partial charge in [-0.1, -0.05) is 19.1 Å². The fraction of sp³-hybridized carbons (Fsp3) is 0.611. The predicted octanol–water partition coefficient (Wildman–Crippen LogP) is 3.52. The van der Waals surface area contributed by atoms with Crippen molar-refractivity contribution in [3.05, 3.63) is 30.1 Å². The van der Waals surface area contributed by atoms with Crippen LogP contribution in [0.25, 0.3) is 11.0 Å². The van der Waals surface area contributed by atoms with Gasteiger partial charge in [0.25, 0.3) is 0 Å². The molecule has 1 saturated heterocycles. The van der Waals surface area contributed by atoms with Gasteiger partial charge in [-0.05, 0) is 56.7 Å². The molecule has 3 heteroatoms. The number of fused-ring (bicyclic) bond motifs is 1. The molecule has 2 aliphatic rings. The summed E-state index contributed by atoms with van der Waals surface area (Å²) in [5.41, 5.74) is 2.80. The Morgan fingerprint density at radius 2 is 2.19 bits per heavy atom. The van der Waals surface area contributed by atoms with Gasteiger partial charge in [-0.25, -0.2) is 4.98 Å². The maximum atomic E-state index is 4.97. The highest BCUT2D eigenvalue weighted by Gasteiger charge is 2.47. The van der Waals surface area contributed by atoms with E-state index in [-0.39, 0.29) is 0 Å². The fourth-order valence-electron chi connectivity index (χ4n) is 4.12. The largest absolute Gasteiger partial charge is 0.328 e. The van der Waals surface area contributed by atoms with E-state index in [2.05, 4.69) is 41.1 Å². The van der Waals surface area contributed by atoms with E-state index in [0.717, 1.165) is 30.8 Å². The molecule has 1 atom stereocenters. The van der Waals surface area contributed by atoms with Crippen molar-refractivity contribution in [2.24, 2.45) is 5.92 Å². The molecule has 3 nitrogen and oxygen atoms in total. The van der Waals surface area contributed by atoms with Crippen molar-refractivity contribution in [1.29, 1.82) is 0 Å². The summed E-state index contributed by atoms with van der Waals surface area (Å²) in [7, 11) is 0. The smallest absolute Gasteiger partial charge is 0.111 e. The molecule has 0 bridgehead atoms. The van der Waals surface area contributed by atoms with Crippen LogP contribution in [-0.4, -0.2) is 21.6 Å². The van der Waals surface area contributed by atoms with E-state index >= 15 is 0 Å². The van der Waals surface area contributed by atoms with Gasteiger partial charge >= 0.3 is 0 Å². The van der Waals surface area contributed by atoms with Crippen LogP contribution in [0.4, 0.5) is 0 Å². The normalized spacial score (nSPS) is 25.8. The number of aryl methyl sites for hydroxylation is 1. The topological polar surface area (TPSA) is 29.9 Å². The van der Waals surface area contributed by atoms with Gasteiger partial charge < -0.3 is 9.88 Å². The quantitative estimate of drug-likeness (QED) is 0.910. The molecule has 1 N–H and O–H groups in total. The Kier molecular flexibility index (Phi) is 3.26. The molecule has 2 fully saturated rings. The molecule has 21 heavy (non-hydrogen) atoms. The van der Waals surface area contributed by atoms with Crippen molar-refractivity contribution in [2.75, 3.05) is 6.54 Å². The zero-order valence-electron chi connectivity index (χ0n) is 12.9. The van der Waals surface area contributed by atoms with Crippen LogP contribution in [0.5, 0.6) is 0 Å². The predicted molar refractivity (Wildman–Crippen MR) is 86.4 cm³/mol. The molecule has 112 valence electrons. The Balaban J connectivity index is 1.73. The first-order valence-corrected chi connectivity index (χ1v) is 8.51. The third kappa shape index (κ3) is 2.28. The molecular weight excluding hydrogens is 258 g/mol. The summed E-state index contributed by atoms with van der Waals surface area (Å²) in [6, 6.07) is 8.59. The van der Waals surface area contributed by atoms with Gasteiger partial charge in [0.1, 0.15) is 5.82 Å². The van der Waals surface area contributed by atoms with Crippen LogP contribution in [0.15, 0.2) is 24.3 Å². The number of hydrogen-bond donors (Lipinski definition) is 1. The highest BCUT2D eigenvalue weighted by molar-refractivity contribution is 5.75. The van der Waals surface area contributed by atoms with E-state index in [1.807, 2.05) is 0 Å². The monoisotopic (exact) mass is 283 g/mol. The summed E-state index contributed by atoms with van der Waals surface area (Å²) in [5, 5.41) is 3.84. The summed E-state index contributed by atoms with van der Waals surface area (Å²) in [4.78, 5) is 4.97. The number of rotatable bonds is 5. The summed E-state index contributed by atoms with van der Waals surface area (Å²) in [6.07, 6.45) is 7.73. The van der Waals surface area contributed by atoms with E-state index in [1.165, 1.54) is 43.6 Å². The Bertz CT molecular complexity index is 633. The number of hydrogen-bond acceptors (Lipinski definition) is 2. The van der Waals surface area contributed by atoms with Crippen LogP contribution in [-0.2, 0) is 13.0 Å². The number of nitrogens with one attached hydrogen (secondary N) is 1. The van der Waals surface area contributed by atoms with E-state index in [9.17, 15) is 0 Å². The van der Waals surface area contributed by atoms with Crippen LogP contribution < -0.4 is 5.32 Å². The van der Waals surface area contributed by atoms with Crippen molar-refractivity contribution >= 4 is 11.0 Å². The lowest BCUT2D eigenvalue weighted by molar-refractivity contribution is 0.313. The molecule has 1 aromatic carbocycles. The van der Waals surface area contributed by atoms with Crippen molar-refractivity contribution in [1.82, 2.24) is 14.9 Å². The maximum absolute atomic E-state index is 4.97. The molecule has 1 aliphatic carbocycles. The van der Waals surface area contributed by atoms with Gasteiger partial charge in [-0.3, -0.25) is 0 Å². The van der Waals surface area contributed by atoms with Gasteiger partial charge in [-0.2, -0.15) is 0 Å². The second-order valence-corrected chi connectivity index (χ2v) is 6.81. The van der Waals surface area contributed by atoms with Crippen LogP contribution in [0.1, 0.15) is 44.9 Å².